The number of rotatable bonds is 5. The van der Waals surface area contributed by atoms with Crippen LogP contribution in [-0.4, -0.2) is 30.2 Å². The predicted octanol–water partition coefficient (Wildman–Crippen LogP) is 3.78. The molecule has 4 rings (SSSR count). The number of carbonyl (C=O) groups is 1. The molecular formula is C20H19BrN6O2S. The summed E-state index contributed by atoms with van der Waals surface area (Å²) in [4.78, 5) is 35.3. The molecule has 0 radical (unpaired) electrons. The smallest absolute Gasteiger partial charge is 0.266 e. The Morgan fingerprint density at radius 1 is 1.27 bits per heavy atom. The number of anilines is 1. The summed E-state index contributed by atoms with van der Waals surface area (Å²) >= 11 is 4.72. The number of halogens is 1. The van der Waals surface area contributed by atoms with Gasteiger partial charge in [0.05, 0.1) is 5.69 Å². The number of benzene rings is 1. The van der Waals surface area contributed by atoms with Crippen LogP contribution in [0.3, 0.4) is 0 Å². The highest BCUT2D eigenvalue weighted by molar-refractivity contribution is 9.10. The third-order valence-corrected chi connectivity index (χ3v) is 6.38. The Kier molecular flexibility index (Phi) is 5.52. The second-order valence-electron chi connectivity index (χ2n) is 7.09. The minimum Gasteiger partial charge on any atom is -0.300 e. The molecule has 0 aliphatic rings. The Morgan fingerprint density at radius 2 is 2.00 bits per heavy atom. The molecule has 154 valence electrons. The van der Waals surface area contributed by atoms with E-state index in [4.69, 9.17) is 0 Å². The highest BCUT2D eigenvalue weighted by atomic mass is 79.9. The topological polar surface area (TPSA) is 94.7 Å². The summed E-state index contributed by atoms with van der Waals surface area (Å²) in [7, 11) is 1.70. The Balaban J connectivity index is 1.59. The summed E-state index contributed by atoms with van der Waals surface area (Å²) in [6, 6.07) is 9.88. The number of fused-ring (bicyclic) bond motifs is 1. The molecule has 3 aromatic heterocycles. The van der Waals surface area contributed by atoms with Crippen molar-refractivity contribution in [2.75, 3.05) is 5.32 Å². The Hall–Kier alpha value is -2.85. The average molecular weight is 487 g/mol. The van der Waals surface area contributed by atoms with Crippen LogP contribution >= 0.6 is 27.3 Å². The SMILES string of the molecule is CC(C)c1sc(NC(=O)Cn2cnc3c(c(Br)nn3C)c2=O)nc1-c1ccccc1. The van der Waals surface area contributed by atoms with Crippen molar-refractivity contribution in [1.29, 1.82) is 0 Å². The molecular weight excluding hydrogens is 468 g/mol. The van der Waals surface area contributed by atoms with Crippen LogP contribution in [0.5, 0.6) is 0 Å². The third kappa shape index (κ3) is 3.80. The standard InChI is InChI=1S/C20H19BrN6O2S/c1-11(2)16-15(12-7-5-4-6-8-12)24-20(30-16)23-13(28)9-27-10-22-18-14(19(27)29)17(21)25-26(18)3/h4-8,10-11H,9H2,1-3H3,(H,23,24,28). The van der Waals surface area contributed by atoms with E-state index in [2.05, 4.69) is 50.2 Å². The molecule has 0 fully saturated rings. The van der Waals surface area contributed by atoms with Gasteiger partial charge in [0.15, 0.2) is 10.8 Å². The molecule has 1 aromatic carbocycles. The van der Waals surface area contributed by atoms with E-state index >= 15 is 0 Å². The first kappa shape index (κ1) is 20.4. The fourth-order valence-corrected chi connectivity index (χ4v) is 4.73. The molecule has 0 saturated heterocycles. The number of nitrogens with zero attached hydrogens (tertiary/aromatic N) is 5. The van der Waals surface area contributed by atoms with Crippen molar-refractivity contribution in [3.05, 3.63) is 56.5 Å². The maximum Gasteiger partial charge on any atom is 0.266 e. The van der Waals surface area contributed by atoms with Gasteiger partial charge in [0, 0.05) is 17.5 Å². The number of amides is 1. The van der Waals surface area contributed by atoms with E-state index in [1.807, 2.05) is 30.3 Å². The van der Waals surface area contributed by atoms with Crippen LogP contribution in [-0.2, 0) is 18.4 Å². The van der Waals surface area contributed by atoms with Gasteiger partial charge in [-0.15, -0.1) is 11.3 Å². The van der Waals surface area contributed by atoms with Crippen LogP contribution in [0.15, 0.2) is 46.1 Å². The van der Waals surface area contributed by atoms with Crippen molar-refractivity contribution in [3.63, 3.8) is 0 Å². The number of hydrogen-bond donors (Lipinski definition) is 1. The monoisotopic (exact) mass is 486 g/mol. The molecule has 0 aliphatic carbocycles. The lowest BCUT2D eigenvalue weighted by Crippen LogP contribution is -2.28. The van der Waals surface area contributed by atoms with Crippen LogP contribution in [0.4, 0.5) is 5.13 Å². The molecule has 0 unspecified atom stereocenters. The molecule has 0 saturated carbocycles. The Bertz CT molecular complexity index is 1290. The second-order valence-corrected chi connectivity index (χ2v) is 8.87. The summed E-state index contributed by atoms with van der Waals surface area (Å²) in [6.07, 6.45) is 1.36. The van der Waals surface area contributed by atoms with Crippen LogP contribution in [0.1, 0.15) is 24.6 Å². The molecule has 30 heavy (non-hydrogen) atoms. The summed E-state index contributed by atoms with van der Waals surface area (Å²) < 4.78 is 3.18. The highest BCUT2D eigenvalue weighted by Gasteiger charge is 2.18. The lowest BCUT2D eigenvalue weighted by molar-refractivity contribution is -0.116. The molecule has 8 nitrogen and oxygen atoms in total. The van der Waals surface area contributed by atoms with E-state index in [9.17, 15) is 9.59 Å². The van der Waals surface area contributed by atoms with Crippen LogP contribution in [0.25, 0.3) is 22.3 Å². The molecule has 1 N–H and O–H groups in total. The highest BCUT2D eigenvalue weighted by Crippen LogP contribution is 2.36. The van der Waals surface area contributed by atoms with E-state index in [0.717, 1.165) is 16.1 Å². The van der Waals surface area contributed by atoms with Crippen molar-refractivity contribution < 1.29 is 4.79 Å². The van der Waals surface area contributed by atoms with Crippen molar-refractivity contribution in [2.45, 2.75) is 26.3 Å². The van der Waals surface area contributed by atoms with Gasteiger partial charge in [-0.2, -0.15) is 5.10 Å². The van der Waals surface area contributed by atoms with Gasteiger partial charge in [0.25, 0.3) is 5.56 Å². The van der Waals surface area contributed by atoms with E-state index in [1.54, 1.807) is 7.05 Å². The summed E-state index contributed by atoms with van der Waals surface area (Å²) in [5.41, 5.74) is 2.00. The van der Waals surface area contributed by atoms with Gasteiger partial charge in [-0.1, -0.05) is 44.2 Å². The minimum atomic E-state index is -0.345. The maximum atomic E-state index is 12.7. The predicted molar refractivity (Wildman–Crippen MR) is 121 cm³/mol. The first-order chi connectivity index (χ1) is 14.3. The number of nitrogens with one attached hydrogen (secondary N) is 1. The molecule has 0 spiro atoms. The largest absolute Gasteiger partial charge is 0.300 e. The molecule has 10 heteroatoms. The van der Waals surface area contributed by atoms with Gasteiger partial charge in [-0.3, -0.25) is 14.2 Å². The molecule has 4 aromatic rings. The van der Waals surface area contributed by atoms with Crippen LogP contribution < -0.4 is 10.9 Å². The number of aryl methyl sites for hydroxylation is 1. The number of carbonyl (C=O) groups excluding carboxylic acids is 1. The molecule has 0 atom stereocenters. The third-order valence-electron chi connectivity index (χ3n) is 4.55. The number of hydrogen-bond acceptors (Lipinski definition) is 6. The van der Waals surface area contributed by atoms with Gasteiger partial charge in [0.1, 0.15) is 22.9 Å². The summed E-state index contributed by atoms with van der Waals surface area (Å²) in [6.45, 7) is 4.02. The zero-order valence-corrected chi connectivity index (χ0v) is 19.0. The molecule has 0 bridgehead atoms. The van der Waals surface area contributed by atoms with E-state index in [1.165, 1.54) is 26.9 Å². The van der Waals surface area contributed by atoms with E-state index in [0.29, 0.717) is 20.8 Å². The average Bonchev–Trinajstić information content (AvgIpc) is 3.26. The van der Waals surface area contributed by atoms with Gasteiger partial charge < -0.3 is 5.32 Å². The lowest BCUT2D eigenvalue weighted by Gasteiger charge is -2.05. The quantitative estimate of drug-likeness (QED) is 0.463. The summed E-state index contributed by atoms with van der Waals surface area (Å²) in [5, 5.41) is 7.81. The molecule has 0 aliphatic heterocycles. The first-order valence-electron chi connectivity index (χ1n) is 9.28. The van der Waals surface area contributed by atoms with Crippen molar-refractivity contribution >= 4 is 49.3 Å². The number of thiazole rings is 1. The van der Waals surface area contributed by atoms with Crippen molar-refractivity contribution in [3.8, 4) is 11.3 Å². The first-order valence-corrected chi connectivity index (χ1v) is 10.9. The Labute approximate surface area is 184 Å². The van der Waals surface area contributed by atoms with Gasteiger partial charge in [-0.05, 0) is 21.8 Å². The number of aromatic nitrogens is 5. The van der Waals surface area contributed by atoms with E-state index in [-0.39, 0.29) is 23.9 Å². The van der Waals surface area contributed by atoms with Gasteiger partial charge >= 0.3 is 0 Å². The maximum absolute atomic E-state index is 12.7. The molecule has 3 heterocycles. The summed E-state index contributed by atoms with van der Waals surface area (Å²) in [5.74, 6) is -0.0811. The fraction of sp³-hybridized carbons (Fsp3) is 0.250. The van der Waals surface area contributed by atoms with Crippen molar-refractivity contribution in [2.24, 2.45) is 7.05 Å². The Morgan fingerprint density at radius 3 is 2.70 bits per heavy atom. The van der Waals surface area contributed by atoms with Gasteiger partial charge in [-0.25, -0.2) is 14.6 Å². The minimum absolute atomic E-state index is 0.166. The van der Waals surface area contributed by atoms with Crippen molar-refractivity contribution in [1.82, 2.24) is 24.3 Å². The normalized spacial score (nSPS) is 11.4. The zero-order chi connectivity index (χ0) is 21.4. The zero-order valence-electron chi connectivity index (χ0n) is 16.6. The van der Waals surface area contributed by atoms with Gasteiger partial charge in [0.2, 0.25) is 5.91 Å². The lowest BCUT2D eigenvalue weighted by atomic mass is 10.1. The van der Waals surface area contributed by atoms with E-state index < -0.39 is 0 Å². The van der Waals surface area contributed by atoms with Crippen LogP contribution in [0, 0.1) is 0 Å². The second kappa shape index (κ2) is 8.11. The van der Waals surface area contributed by atoms with Crippen LogP contribution in [0.2, 0.25) is 0 Å². The molecule has 1 amide bonds. The fourth-order valence-electron chi connectivity index (χ4n) is 3.14.